The van der Waals surface area contributed by atoms with Crippen LogP contribution < -0.4 is 4.90 Å². The SMILES string of the molecule is CCCc1nc(N(C)CC2CCCN2CC)sc1C(=O)O. The zero-order chi connectivity index (χ0) is 15.4. The molecule has 1 atom stereocenters. The number of aromatic nitrogens is 1. The van der Waals surface area contributed by atoms with Crippen molar-refractivity contribution in [2.24, 2.45) is 0 Å². The van der Waals surface area contributed by atoms with Crippen LogP contribution in [0.15, 0.2) is 0 Å². The second-order valence-corrected chi connectivity index (χ2v) is 6.61. The number of hydrogen-bond acceptors (Lipinski definition) is 5. The lowest BCUT2D eigenvalue weighted by atomic mass is 10.2. The van der Waals surface area contributed by atoms with Crippen LogP contribution in [0, 0.1) is 0 Å². The Balaban J connectivity index is 2.09. The molecule has 2 heterocycles. The molecule has 1 N–H and O–H groups in total. The molecule has 0 saturated carbocycles. The molecule has 1 aromatic heterocycles. The molecule has 0 amide bonds. The van der Waals surface area contributed by atoms with Gasteiger partial charge in [-0.05, 0) is 32.4 Å². The van der Waals surface area contributed by atoms with Gasteiger partial charge >= 0.3 is 5.97 Å². The van der Waals surface area contributed by atoms with Gasteiger partial charge < -0.3 is 10.0 Å². The van der Waals surface area contributed by atoms with Crippen LogP contribution in [0.3, 0.4) is 0 Å². The van der Waals surface area contributed by atoms with Crippen molar-refractivity contribution in [1.29, 1.82) is 0 Å². The van der Waals surface area contributed by atoms with Gasteiger partial charge in [-0.2, -0.15) is 0 Å². The third kappa shape index (κ3) is 3.74. The molecule has 5 nitrogen and oxygen atoms in total. The smallest absolute Gasteiger partial charge is 0.347 e. The first-order valence-electron chi connectivity index (χ1n) is 7.75. The molecule has 0 aliphatic carbocycles. The molecular formula is C15H25N3O2S. The van der Waals surface area contributed by atoms with Crippen molar-refractivity contribution < 1.29 is 9.90 Å². The highest BCUT2D eigenvalue weighted by molar-refractivity contribution is 7.17. The van der Waals surface area contributed by atoms with Crippen molar-refractivity contribution in [2.45, 2.75) is 45.6 Å². The molecule has 1 aromatic rings. The molecule has 0 aromatic carbocycles. The number of nitrogens with zero attached hydrogens (tertiary/aromatic N) is 3. The summed E-state index contributed by atoms with van der Waals surface area (Å²) in [5.74, 6) is -0.855. The predicted octanol–water partition coefficient (Wildman–Crippen LogP) is 2.71. The molecule has 0 radical (unpaired) electrons. The van der Waals surface area contributed by atoms with Gasteiger partial charge in [0, 0.05) is 19.6 Å². The van der Waals surface area contributed by atoms with Crippen molar-refractivity contribution in [3.05, 3.63) is 10.6 Å². The van der Waals surface area contributed by atoms with E-state index in [-0.39, 0.29) is 0 Å². The molecule has 1 aliphatic rings. The topological polar surface area (TPSA) is 56.7 Å². The average Bonchev–Trinajstić information content (AvgIpc) is 3.05. The zero-order valence-corrected chi connectivity index (χ0v) is 13.9. The molecule has 0 bridgehead atoms. The Morgan fingerprint density at radius 1 is 1.52 bits per heavy atom. The van der Waals surface area contributed by atoms with Crippen molar-refractivity contribution in [3.8, 4) is 0 Å². The van der Waals surface area contributed by atoms with Crippen LogP contribution in [0.1, 0.15) is 48.5 Å². The Kier molecular flexibility index (Phi) is 5.58. The minimum absolute atomic E-state index is 0.400. The monoisotopic (exact) mass is 311 g/mol. The summed E-state index contributed by atoms with van der Waals surface area (Å²) in [5.41, 5.74) is 0.732. The summed E-state index contributed by atoms with van der Waals surface area (Å²) >= 11 is 1.30. The van der Waals surface area contributed by atoms with E-state index in [0.29, 0.717) is 10.9 Å². The number of anilines is 1. The van der Waals surface area contributed by atoms with Gasteiger partial charge in [-0.3, -0.25) is 4.90 Å². The number of hydrogen-bond donors (Lipinski definition) is 1. The summed E-state index contributed by atoms with van der Waals surface area (Å²) in [7, 11) is 2.02. The standard InChI is InChI=1S/C15H25N3O2S/c1-4-7-12-13(14(19)20)21-15(16-12)17(3)10-11-8-6-9-18(11)5-2/h11H,4-10H2,1-3H3,(H,19,20). The predicted molar refractivity (Wildman–Crippen MR) is 86.6 cm³/mol. The average molecular weight is 311 g/mol. The summed E-state index contributed by atoms with van der Waals surface area (Å²) in [6.07, 6.45) is 4.12. The highest BCUT2D eigenvalue weighted by atomic mass is 32.1. The van der Waals surface area contributed by atoms with Crippen LogP contribution in [-0.4, -0.2) is 53.7 Å². The molecule has 21 heavy (non-hydrogen) atoms. The Labute approximate surface area is 130 Å². The van der Waals surface area contributed by atoms with Gasteiger partial charge in [-0.25, -0.2) is 9.78 Å². The van der Waals surface area contributed by atoms with E-state index in [1.165, 1.54) is 30.7 Å². The molecule has 1 fully saturated rings. The van der Waals surface area contributed by atoms with Gasteiger partial charge in [0.05, 0.1) is 5.69 Å². The normalized spacial score (nSPS) is 19.1. The second kappa shape index (κ2) is 7.22. The van der Waals surface area contributed by atoms with Crippen molar-refractivity contribution in [1.82, 2.24) is 9.88 Å². The van der Waals surface area contributed by atoms with E-state index in [4.69, 9.17) is 0 Å². The van der Waals surface area contributed by atoms with Crippen LogP contribution in [0.25, 0.3) is 0 Å². The molecular weight excluding hydrogens is 286 g/mol. The third-order valence-corrected chi connectivity index (χ3v) is 5.28. The van der Waals surface area contributed by atoms with E-state index in [9.17, 15) is 9.90 Å². The highest BCUT2D eigenvalue weighted by Crippen LogP contribution is 2.28. The van der Waals surface area contributed by atoms with E-state index in [2.05, 4.69) is 21.7 Å². The first kappa shape index (κ1) is 16.2. The molecule has 1 aliphatic heterocycles. The molecule has 1 saturated heterocycles. The second-order valence-electron chi connectivity index (χ2n) is 5.63. The highest BCUT2D eigenvalue weighted by Gasteiger charge is 2.26. The molecule has 118 valence electrons. The van der Waals surface area contributed by atoms with E-state index in [1.54, 1.807) is 0 Å². The zero-order valence-electron chi connectivity index (χ0n) is 13.1. The Bertz CT molecular complexity index is 489. The lowest BCUT2D eigenvalue weighted by Crippen LogP contribution is -2.38. The molecule has 2 rings (SSSR count). The maximum atomic E-state index is 11.3. The quantitative estimate of drug-likeness (QED) is 0.839. The fourth-order valence-corrected chi connectivity index (χ4v) is 3.91. The van der Waals surface area contributed by atoms with Crippen LogP contribution >= 0.6 is 11.3 Å². The largest absolute Gasteiger partial charge is 0.477 e. The fourth-order valence-electron chi connectivity index (χ4n) is 2.99. The van der Waals surface area contributed by atoms with Crippen LogP contribution in [0.4, 0.5) is 5.13 Å². The minimum atomic E-state index is -0.855. The van der Waals surface area contributed by atoms with E-state index in [1.807, 2.05) is 14.0 Å². The van der Waals surface area contributed by atoms with E-state index < -0.39 is 5.97 Å². The van der Waals surface area contributed by atoms with Crippen LogP contribution in [0.5, 0.6) is 0 Å². The number of aryl methyl sites for hydroxylation is 1. The van der Waals surface area contributed by atoms with E-state index >= 15 is 0 Å². The number of likely N-dealkylation sites (tertiary alicyclic amines) is 1. The minimum Gasteiger partial charge on any atom is -0.477 e. The third-order valence-electron chi connectivity index (χ3n) is 4.08. The Morgan fingerprint density at radius 3 is 2.90 bits per heavy atom. The van der Waals surface area contributed by atoms with Gasteiger partial charge in [-0.1, -0.05) is 31.6 Å². The molecule has 0 spiro atoms. The number of carboxylic acid groups (broad SMARTS) is 1. The summed E-state index contributed by atoms with van der Waals surface area (Å²) in [5, 5.41) is 10.1. The van der Waals surface area contributed by atoms with Gasteiger partial charge in [0.15, 0.2) is 5.13 Å². The van der Waals surface area contributed by atoms with Crippen molar-refractivity contribution >= 4 is 22.4 Å². The van der Waals surface area contributed by atoms with Gasteiger partial charge in [0.1, 0.15) is 4.88 Å². The summed E-state index contributed by atoms with van der Waals surface area (Å²) < 4.78 is 0. The summed E-state index contributed by atoms with van der Waals surface area (Å²) in [4.78, 5) is 20.9. The number of carboxylic acids is 1. The number of aromatic carboxylic acids is 1. The van der Waals surface area contributed by atoms with Crippen molar-refractivity contribution in [3.63, 3.8) is 0 Å². The lowest BCUT2D eigenvalue weighted by molar-refractivity contribution is 0.0700. The van der Waals surface area contributed by atoms with Crippen LogP contribution in [-0.2, 0) is 6.42 Å². The summed E-state index contributed by atoms with van der Waals surface area (Å²) in [6.45, 7) is 7.42. The van der Waals surface area contributed by atoms with Crippen LogP contribution in [0.2, 0.25) is 0 Å². The fraction of sp³-hybridized carbons (Fsp3) is 0.733. The first-order chi connectivity index (χ1) is 10.1. The molecule has 6 heteroatoms. The van der Waals surface area contributed by atoms with Gasteiger partial charge in [0.2, 0.25) is 0 Å². The first-order valence-corrected chi connectivity index (χ1v) is 8.56. The lowest BCUT2D eigenvalue weighted by Gasteiger charge is -2.27. The van der Waals surface area contributed by atoms with E-state index in [0.717, 1.165) is 36.8 Å². The Morgan fingerprint density at radius 2 is 2.29 bits per heavy atom. The number of likely N-dealkylation sites (N-methyl/N-ethyl adjacent to an activating group) is 2. The maximum Gasteiger partial charge on any atom is 0.347 e. The van der Waals surface area contributed by atoms with Gasteiger partial charge in [0.25, 0.3) is 0 Å². The number of carbonyl (C=O) groups is 1. The summed E-state index contributed by atoms with van der Waals surface area (Å²) in [6, 6.07) is 0.562. The Hall–Kier alpha value is -1.14. The molecule has 1 unspecified atom stereocenters. The van der Waals surface area contributed by atoms with Gasteiger partial charge in [-0.15, -0.1) is 0 Å². The number of thiazole rings is 1. The number of rotatable bonds is 7. The maximum absolute atomic E-state index is 11.3. The van der Waals surface area contributed by atoms with Crippen molar-refractivity contribution in [2.75, 3.05) is 31.6 Å².